The summed E-state index contributed by atoms with van der Waals surface area (Å²) in [5, 5.41) is 25.3. The molecule has 0 spiro atoms. The molecule has 3 unspecified atom stereocenters. The molecule has 3 amide bonds. The van der Waals surface area contributed by atoms with Crippen LogP contribution in [-0.2, 0) is 19.2 Å². The Labute approximate surface area is 143 Å². The highest BCUT2D eigenvalue weighted by atomic mass is 32.2. The number of carboxylic acids is 1. The molecular formula is C13H24N4O6S. The van der Waals surface area contributed by atoms with Gasteiger partial charge >= 0.3 is 5.97 Å². The van der Waals surface area contributed by atoms with Crippen LogP contribution in [0.4, 0.5) is 0 Å². The second-order valence-corrected chi connectivity index (χ2v) is 5.93. The van der Waals surface area contributed by atoms with E-state index in [4.69, 9.17) is 10.8 Å². The zero-order valence-electron chi connectivity index (χ0n) is 13.6. The molecule has 0 radical (unpaired) electrons. The molecule has 138 valence electrons. The van der Waals surface area contributed by atoms with Gasteiger partial charge in [-0.05, 0) is 25.4 Å². The van der Waals surface area contributed by atoms with E-state index in [-0.39, 0.29) is 13.0 Å². The molecule has 0 saturated carbocycles. The number of aliphatic carboxylic acids is 1. The Morgan fingerprint density at radius 1 is 1.17 bits per heavy atom. The van der Waals surface area contributed by atoms with Gasteiger partial charge in [0, 0.05) is 0 Å². The van der Waals surface area contributed by atoms with Crippen molar-refractivity contribution in [3.8, 4) is 0 Å². The summed E-state index contributed by atoms with van der Waals surface area (Å²) >= 11 is 1.45. The van der Waals surface area contributed by atoms with Crippen LogP contribution >= 0.6 is 11.8 Å². The van der Waals surface area contributed by atoms with Crippen molar-refractivity contribution >= 4 is 35.5 Å². The summed E-state index contributed by atoms with van der Waals surface area (Å²) < 4.78 is 0. The van der Waals surface area contributed by atoms with E-state index in [9.17, 15) is 24.3 Å². The van der Waals surface area contributed by atoms with Crippen LogP contribution in [0.3, 0.4) is 0 Å². The number of hydrogen-bond donors (Lipinski definition) is 6. The van der Waals surface area contributed by atoms with Crippen LogP contribution < -0.4 is 21.7 Å². The molecule has 10 nitrogen and oxygen atoms in total. The molecule has 0 rings (SSSR count). The lowest BCUT2D eigenvalue weighted by Crippen LogP contribution is -2.55. The van der Waals surface area contributed by atoms with Crippen molar-refractivity contribution in [3.05, 3.63) is 0 Å². The van der Waals surface area contributed by atoms with Crippen LogP contribution in [-0.4, -0.2) is 77.2 Å². The normalized spacial score (nSPS) is 14.2. The Bertz CT molecular complexity index is 460. The van der Waals surface area contributed by atoms with Crippen LogP contribution in [0.5, 0.6) is 0 Å². The highest BCUT2D eigenvalue weighted by molar-refractivity contribution is 7.98. The summed E-state index contributed by atoms with van der Waals surface area (Å²) in [6.07, 6.45) is 0.864. The molecule has 0 aromatic rings. The molecular weight excluding hydrogens is 340 g/mol. The van der Waals surface area contributed by atoms with Crippen molar-refractivity contribution in [1.82, 2.24) is 16.0 Å². The largest absolute Gasteiger partial charge is 0.480 e. The lowest BCUT2D eigenvalue weighted by Gasteiger charge is -2.20. The van der Waals surface area contributed by atoms with Crippen molar-refractivity contribution in [3.63, 3.8) is 0 Å². The SMILES string of the molecule is CSCCC(NC(=O)CNC(=O)C(NC(=O)CN)C(C)O)C(=O)O. The third-order valence-corrected chi connectivity index (χ3v) is 3.58. The fraction of sp³-hybridized carbons (Fsp3) is 0.692. The molecule has 3 atom stereocenters. The molecule has 0 aromatic heterocycles. The smallest absolute Gasteiger partial charge is 0.326 e. The molecule has 0 aliphatic heterocycles. The number of nitrogens with one attached hydrogen (secondary N) is 3. The molecule has 0 aliphatic carbocycles. The fourth-order valence-electron chi connectivity index (χ4n) is 1.65. The van der Waals surface area contributed by atoms with Gasteiger partial charge < -0.3 is 31.9 Å². The maximum Gasteiger partial charge on any atom is 0.326 e. The first-order chi connectivity index (χ1) is 11.2. The van der Waals surface area contributed by atoms with Gasteiger partial charge in [0.2, 0.25) is 17.7 Å². The highest BCUT2D eigenvalue weighted by Crippen LogP contribution is 2.01. The van der Waals surface area contributed by atoms with Crippen LogP contribution in [0.25, 0.3) is 0 Å². The minimum absolute atomic E-state index is 0.249. The summed E-state index contributed by atoms with van der Waals surface area (Å²) in [5.74, 6) is -2.72. The average Bonchev–Trinajstić information content (AvgIpc) is 2.53. The van der Waals surface area contributed by atoms with Gasteiger partial charge in [-0.3, -0.25) is 14.4 Å². The van der Waals surface area contributed by atoms with Gasteiger partial charge in [0.15, 0.2) is 0 Å². The second kappa shape index (κ2) is 11.6. The molecule has 0 aromatic carbocycles. The Hall–Kier alpha value is -1.85. The molecule has 0 fully saturated rings. The highest BCUT2D eigenvalue weighted by Gasteiger charge is 2.26. The van der Waals surface area contributed by atoms with E-state index >= 15 is 0 Å². The number of aliphatic hydroxyl groups is 1. The second-order valence-electron chi connectivity index (χ2n) is 4.95. The third kappa shape index (κ3) is 8.70. The van der Waals surface area contributed by atoms with E-state index in [0.29, 0.717) is 5.75 Å². The van der Waals surface area contributed by atoms with Crippen molar-refractivity contribution in [2.75, 3.05) is 25.1 Å². The lowest BCUT2D eigenvalue weighted by atomic mass is 10.1. The lowest BCUT2D eigenvalue weighted by molar-refractivity contribution is -0.141. The monoisotopic (exact) mass is 364 g/mol. The number of aliphatic hydroxyl groups excluding tert-OH is 1. The van der Waals surface area contributed by atoms with Gasteiger partial charge in [0.25, 0.3) is 0 Å². The van der Waals surface area contributed by atoms with E-state index in [0.717, 1.165) is 0 Å². The van der Waals surface area contributed by atoms with E-state index in [1.165, 1.54) is 18.7 Å². The van der Waals surface area contributed by atoms with Crippen molar-refractivity contribution in [1.29, 1.82) is 0 Å². The maximum absolute atomic E-state index is 11.9. The first kappa shape index (κ1) is 22.1. The molecule has 0 saturated heterocycles. The molecule has 11 heteroatoms. The number of rotatable bonds is 11. The fourth-order valence-corrected chi connectivity index (χ4v) is 2.12. The Morgan fingerprint density at radius 2 is 1.79 bits per heavy atom. The first-order valence-electron chi connectivity index (χ1n) is 7.19. The van der Waals surface area contributed by atoms with Gasteiger partial charge in [0.05, 0.1) is 19.2 Å². The predicted molar refractivity (Wildman–Crippen MR) is 88.2 cm³/mol. The number of carbonyl (C=O) groups excluding carboxylic acids is 3. The Morgan fingerprint density at radius 3 is 2.25 bits per heavy atom. The summed E-state index contributed by atoms with van der Waals surface area (Å²) in [6.45, 7) is 0.459. The summed E-state index contributed by atoms with van der Waals surface area (Å²) in [5.41, 5.74) is 5.12. The van der Waals surface area contributed by atoms with Crippen molar-refractivity contribution in [2.24, 2.45) is 5.73 Å². The molecule has 7 N–H and O–H groups in total. The average molecular weight is 364 g/mol. The minimum atomic E-state index is -1.26. The van der Waals surface area contributed by atoms with E-state index < -0.39 is 48.4 Å². The van der Waals surface area contributed by atoms with Gasteiger partial charge in [0.1, 0.15) is 12.1 Å². The van der Waals surface area contributed by atoms with Crippen LogP contribution in [0.1, 0.15) is 13.3 Å². The number of amides is 3. The zero-order chi connectivity index (χ0) is 18.7. The van der Waals surface area contributed by atoms with Crippen molar-refractivity contribution < 1.29 is 29.4 Å². The first-order valence-corrected chi connectivity index (χ1v) is 8.58. The zero-order valence-corrected chi connectivity index (χ0v) is 14.4. The predicted octanol–water partition coefficient (Wildman–Crippen LogP) is -2.75. The summed E-state index contributed by atoms with van der Waals surface area (Å²) in [7, 11) is 0. The number of hydrogen-bond acceptors (Lipinski definition) is 7. The van der Waals surface area contributed by atoms with Crippen LogP contribution in [0, 0.1) is 0 Å². The van der Waals surface area contributed by atoms with Crippen molar-refractivity contribution in [2.45, 2.75) is 31.5 Å². The molecule has 0 heterocycles. The Balaban J connectivity index is 4.51. The topological polar surface area (TPSA) is 171 Å². The molecule has 0 bridgehead atoms. The standard InChI is InChI=1S/C13H24N4O6S/c1-7(18)11(17-9(19)5-14)12(21)15-6-10(20)16-8(13(22)23)3-4-24-2/h7-8,11,18H,3-6,14H2,1-2H3,(H,15,21)(H,16,20)(H,17,19)(H,22,23). The maximum atomic E-state index is 11.9. The van der Waals surface area contributed by atoms with Gasteiger partial charge in [-0.2, -0.15) is 11.8 Å². The van der Waals surface area contributed by atoms with Gasteiger partial charge in [-0.1, -0.05) is 0 Å². The quantitative estimate of drug-likeness (QED) is 0.229. The van der Waals surface area contributed by atoms with E-state index in [1.807, 2.05) is 6.26 Å². The Kier molecular flexibility index (Phi) is 10.8. The number of nitrogens with two attached hydrogens (primary N) is 1. The molecule has 24 heavy (non-hydrogen) atoms. The summed E-state index contributed by atoms with van der Waals surface area (Å²) in [4.78, 5) is 45.9. The number of carbonyl (C=O) groups is 4. The molecule has 0 aliphatic rings. The van der Waals surface area contributed by atoms with Crippen LogP contribution in [0.2, 0.25) is 0 Å². The van der Waals surface area contributed by atoms with Gasteiger partial charge in [-0.25, -0.2) is 4.79 Å². The third-order valence-electron chi connectivity index (χ3n) is 2.93. The van der Waals surface area contributed by atoms with Gasteiger partial charge in [-0.15, -0.1) is 0 Å². The number of thioether (sulfide) groups is 1. The van der Waals surface area contributed by atoms with E-state index in [2.05, 4.69) is 16.0 Å². The number of carboxylic acid groups (broad SMARTS) is 1. The summed E-state index contributed by atoms with van der Waals surface area (Å²) in [6, 6.07) is -2.31. The van der Waals surface area contributed by atoms with Crippen LogP contribution in [0.15, 0.2) is 0 Å². The minimum Gasteiger partial charge on any atom is -0.480 e. The van der Waals surface area contributed by atoms with E-state index in [1.54, 1.807) is 0 Å².